The number of hydrogen-bond donors (Lipinski definition) is 0. The van der Waals surface area contributed by atoms with Gasteiger partial charge in [0.1, 0.15) is 16.3 Å². The third-order valence-electron chi connectivity index (χ3n) is 2.78. The molecule has 0 N–H and O–H groups in total. The van der Waals surface area contributed by atoms with Crippen LogP contribution in [0.25, 0.3) is 0 Å². The van der Waals surface area contributed by atoms with E-state index in [-0.39, 0.29) is 12.2 Å². The highest BCUT2D eigenvalue weighted by atomic mass is 79.9. The van der Waals surface area contributed by atoms with Gasteiger partial charge in [0, 0.05) is 6.54 Å². The van der Waals surface area contributed by atoms with Crippen LogP contribution in [-0.2, 0) is 9.47 Å². The smallest absolute Gasteiger partial charge is 0.410 e. The van der Waals surface area contributed by atoms with Crippen LogP contribution in [0, 0.1) is 0 Å². The van der Waals surface area contributed by atoms with E-state index >= 15 is 0 Å². The maximum Gasteiger partial charge on any atom is 0.410 e. The molecule has 6 heteroatoms. The van der Waals surface area contributed by atoms with E-state index in [4.69, 9.17) is 9.47 Å². The number of carbonyl (C=O) groups is 1. The summed E-state index contributed by atoms with van der Waals surface area (Å²) in [6.45, 7) is 7.06. The van der Waals surface area contributed by atoms with E-state index in [1.807, 2.05) is 39.0 Å². The van der Waals surface area contributed by atoms with Crippen LogP contribution in [0.15, 0.2) is 22.8 Å². The van der Waals surface area contributed by atoms with Gasteiger partial charge in [0.05, 0.1) is 18.8 Å². The van der Waals surface area contributed by atoms with Crippen molar-refractivity contribution in [3.63, 3.8) is 0 Å². The molecular weight excluding hydrogens is 324 g/mol. The highest BCUT2D eigenvalue weighted by Gasteiger charge is 2.29. The first kappa shape index (κ1) is 15.3. The molecule has 0 saturated carbocycles. The molecule has 1 aromatic rings. The van der Waals surface area contributed by atoms with Crippen molar-refractivity contribution >= 4 is 22.0 Å². The third kappa shape index (κ3) is 4.18. The number of ether oxygens (including phenoxy) is 2. The van der Waals surface area contributed by atoms with Gasteiger partial charge in [-0.25, -0.2) is 9.78 Å². The van der Waals surface area contributed by atoms with Gasteiger partial charge in [-0.05, 0) is 48.8 Å². The standard InChI is InChI=1S/C14H19BrN2O3/c1-14(2,3)20-13(18)17-7-8-19-11(9-17)10-5-4-6-12(15)16-10/h4-6,11H,7-9H2,1-3H3/t11-/m0/s1. The summed E-state index contributed by atoms with van der Waals surface area (Å²) in [6, 6.07) is 5.66. The number of aromatic nitrogens is 1. The van der Waals surface area contributed by atoms with Crippen LogP contribution < -0.4 is 0 Å². The molecule has 0 bridgehead atoms. The highest BCUT2D eigenvalue weighted by molar-refractivity contribution is 9.10. The Morgan fingerprint density at radius 3 is 2.90 bits per heavy atom. The molecule has 110 valence electrons. The largest absolute Gasteiger partial charge is 0.444 e. The average Bonchev–Trinajstić information content (AvgIpc) is 2.37. The monoisotopic (exact) mass is 342 g/mol. The molecule has 1 aliphatic heterocycles. The Hall–Kier alpha value is -1.14. The number of halogens is 1. The molecule has 0 aliphatic carbocycles. The maximum atomic E-state index is 12.1. The van der Waals surface area contributed by atoms with E-state index < -0.39 is 5.60 Å². The summed E-state index contributed by atoms with van der Waals surface area (Å²) in [4.78, 5) is 18.1. The molecule has 1 aliphatic rings. The van der Waals surface area contributed by atoms with E-state index in [9.17, 15) is 4.79 Å². The minimum atomic E-state index is -0.487. The molecular formula is C14H19BrN2O3. The number of morpholine rings is 1. The number of hydrogen-bond acceptors (Lipinski definition) is 4. The number of carbonyl (C=O) groups excluding carboxylic acids is 1. The Morgan fingerprint density at radius 1 is 1.50 bits per heavy atom. The molecule has 0 aromatic carbocycles. The van der Waals surface area contributed by atoms with E-state index in [1.54, 1.807) is 4.90 Å². The minimum absolute atomic E-state index is 0.214. The van der Waals surface area contributed by atoms with Gasteiger partial charge in [-0.3, -0.25) is 0 Å². The van der Waals surface area contributed by atoms with E-state index in [1.165, 1.54) is 0 Å². The van der Waals surface area contributed by atoms with Crippen LogP contribution in [0.3, 0.4) is 0 Å². The minimum Gasteiger partial charge on any atom is -0.444 e. The van der Waals surface area contributed by atoms with Crippen LogP contribution in [0.1, 0.15) is 32.6 Å². The SMILES string of the molecule is CC(C)(C)OC(=O)N1CCO[C@H](c2cccc(Br)n2)C1. The Kier molecular flexibility index (Phi) is 4.65. The molecule has 1 atom stereocenters. The molecule has 20 heavy (non-hydrogen) atoms. The van der Waals surface area contributed by atoms with Crippen molar-refractivity contribution in [3.8, 4) is 0 Å². The topological polar surface area (TPSA) is 51.7 Å². The van der Waals surface area contributed by atoms with E-state index in [0.29, 0.717) is 19.7 Å². The zero-order chi connectivity index (χ0) is 14.8. The van der Waals surface area contributed by atoms with Crippen LogP contribution in [0.4, 0.5) is 4.79 Å². The summed E-state index contributed by atoms with van der Waals surface area (Å²) in [6.07, 6.45) is -0.519. The normalized spacial score (nSPS) is 19.8. The second kappa shape index (κ2) is 6.10. The van der Waals surface area contributed by atoms with Gasteiger partial charge in [0.15, 0.2) is 0 Å². The summed E-state index contributed by atoms with van der Waals surface area (Å²) < 4.78 is 11.8. The van der Waals surface area contributed by atoms with Gasteiger partial charge >= 0.3 is 6.09 Å². The lowest BCUT2D eigenvalue weighted by Crippen LogP contribution is -2.44. The zero-order valence-corrected chi connectivity index (χ0v) is 13.5. The first-order valence-electron chi connectivity index (χ1n) is 6.57. The quantitative estimate of drug-likeness (QED) is 0.735. The predicted molar refractivity (Wildman–Crippen MR) is 78.4 cm³/mol. The molecule has 0 radical (unpaired) electrons. The van der Waals surface area contributed by atoms with Crippen molar-refractivity contribution in [2.24, 2.45) is 0 Å². The van der Waals surface area contributed by atoms with E-state index in [2.05, 4.69) is 20.9 Å². The summed E-state index contributed by atoms with van der Waals surface area (Å²) >= 11 is 3.34. The molecule has 1 aromatic heterocycles. The van der Waals surface area contributed by atoms with Crippen molar-refractivity contribution in [1.29, 1.82) is 0 Å². The fourth-order valence-corrected chi connectivity index (χ4v) is 2.28. The van der Waals surface area contributed by atoms with Gasteiger partial charge < -0.3 is 14.4 Å². The fraction of sp³-hybridized carbons (Fsp3) is 0.571. The van der Waals surface area contributed by atoms with Gasteiger partial charge in [0.25, 0.3) is 0 Å². The Bertz CT molecular complexity index is 488. The van der Waals surface area contributed by atoms with Gasteiger partial charge in [0.2, 0.25) is 0 Å². The number of nitrogens with zero attached hydrogens (tertiary/aromatic N) is 2. The first-order chi connectivity index (χ1) is 9.35. The molecule has 0 spiro atoms. The maximum absolute atomic E-state index is 12.1. The van der Waals surface area contributed by atoms with Gasteiger partial charge in [-0.1, -0.05) is 6.07 Å². The van der Waals surface area contributed by atoms with Crippen molar-refractivity contribution in [3.05, 3.63) is 28.5 Å². The second-order valence-corrected chi connectivity index (χ2v) is 6.48. The summed E-state index contributed by atoms with van der Waals surface area (Å²) in [7, 11) is 0. The second-order valence-electron chi connectivity index (χ2n) is 5.67. The summed E-state index contributed by atoms with van der Waals surface area (Å²) in [5.74, 6) is 0. The molecule has 5 nitrogen and oxygen atoms in total. The zero-order valence-electron chi connectivity index (χ0n) is 11.9. The lowest BCUT2D eigenvalue weighted by Gasteiger charge is -2.34. The third-order valence-corrected chi connectivity index (χ3v) is 3.23. The van der Waals surface area contributed by atoms with Crippen molar-refractivity contribution in [2.75, 3.05) is 19.7 Å². The molecule has 2 heterocycles. The van der Waals surface area contributed by atoms with Crippen LogP contribution in [0.5, 0.6) is 0 Å². The Morgan fingerprint density at radius 2 is 2.25 bits per heavy atom. The number of rotatable bonds is 1. The molecule has 1 saturated heterocycles. The number of pyridine rings is 1. The molecule has 0 unspecified atom stereocenters. The fourth-order valence-electron chi connectivity index (χ4n) is 1.92. The van der Waals surface area contributed by atoms with Crippen molar-refractivity contribution in [2.45, 2.75) is 32.5 Å². The lowest BCUT2D eigenvalue weighted by molar-refractivity contribution is -0.0447. The molecule has 1 fully saturated rings. The lowest BCUT2D eigenvalue weighted by atomic mass is 10.2. The number of amides is 1. The van der Waals surface area contributed by atoms with Gasteiger partial charge in [-0.15, -0.1) is 0 Å². The summed E-state index contributed by atoms with van der Waals surface area (Å²) in [5, 5.41) is 0. The van der Waals surface area contributed by atoms with Crippen LogP contribution in [0.2, 0.25) is 0 Å². The predicted octanol–water partition coefficient (Wildman–Crippen LogP) is 3.15. The molecule has 2 rings (SSSR count). The van der Waals surface area contributed by atoms with Crippen molar-refractivity contribution < 1.29 is 14.3 Å². The van der Waals surface area contributed by atoms with Crippen LogP contribution >= 0.6 is 15.9 Å². The summed E-state index contributed by atoms with van der Waals surface area (Å²) in [5.41, 5.74) is 0.325. The first-order valence-corrected chi connectivity index (χ1v) is 7.36. The Labute approximate surface area is 127 Å². The van der Waals surface area contributed by atoms with Crippen molar-refractivity contribution in [1.82, 2.24) is 9.88 Å². The Balaban J connectivity index is 2.03. The highest BCUT2D eigenvalue weighted by Crippen LogP contribution is 2.23. The van der Waals surface area contributed by atoms with Gasteiger partial charge in [-0.2, -0.15) is 0 Å². The molecule has 1 amide bonds. The average molecular weight is 343 g/mol. The van der Waals surface area contributed by atoms with Crippen LogP contribution in [-0.4, -0.2) is 41.3 Å². The van der Waals surface area contributed by atoms with E-state index in [0.717, 1.165) is 10.3 Å².